The van der Waals surface area contributed by atoms with E-state index >= 15 is 0 Å². The SMILES string of the molecule is COc1ccc(-c2cc3c(cn2)CCc2c-3[nH]c3c2C(=O)NC2(C3)CN(C)C2)cc1. The molecule has 1 saturated heterocycles. The predicted octanol–water partition coefficient (Wildman–Crippen LogP) is 2.82. The van der Waals surface area contributed by atoms with Crippen LogP contribution >= 0.6 is 0 Å². The first-order valence-corrected chi connectivity index (χ1v) is 10.4. The molecule has 1 aromatic carbocycles. The highest BCUT2D eigenvalue weighted by atomic mass is 16.5. The number of ether oxygens (including phenoxy) is 1. The summed E-state index contributed by atoms with van der Waals surface area (Å²) in [6.45, 7) is 1.81. The van der Waals surface area contributed by atoms with E-state index in [1.54, 1.807) is 7.11 Å². The van der Waals surface area contributed by atoms with E-state index in [0.717, 1.165) is 71.9 Å². The smallest absolute Gasteiger partial charge is 0.253 e. The van der Waals surface area contributed by atoms with Crippen molar-refractivity contribution < 1.29 is 9.53 Å². The van der Waals surface area contributed by atoms with Gasteiger partial charge in [-0.3, -0.25) is 9.78 Å². The van der Waals surface area contributed by atoms with Crippen LogP contribution < -0.4 is 10.1 Å². The molecule has 0 radical (unpaired) electrons. The fourth-order valence-corrected chi connectivity index (χ4v) is 5.44. The average Bonchev–Trinajstić information content (AvgIpc) is 3.11. The van der Waals surface area contributed by atoms with Gasteiger partial charge in [-0.05, 0) is 61.3 Å². The molecule has 2 aromatic heterocycles. The number of aromatic nitrogens is 2. The topological polar surface area (TPSA) is 70.2 Å². The second kappa shape index (κ2) is 6.19. The number of likely N-dealkylation sites (N-methyl/N-ethyl adjacent to an activating group) is 1. The van der Waals surface area contributed by atoms with Gasteiger partial charge in [0.1, 0.15) is 5.75 Å². The summed E-state index contributed by atoms with van der Waals surface area (Å²) >= 11 is 0. The highest BCUT2D eigenvalue weighted by Gasteiger charge is 2.47. The largest absolute Gasteiger partial charge is 0.497 e. The first-order valence-electron chi connectivity index (χ1n) is 10.4. The van der Waals surface area contributed by atoms with E-state index in [0.29, 0.717) is 0 Å². The quantitative estimate of drug-likeness (QED) is 0.694. The number of carbonyl (C=O) groups is 1. The summed E-state index contributed by atoms with van der Waals surface area (Å²) in [7, 11) is 3.76. The van der Waals surface area contributed by atoms with Gasteiger partial charge in [0.15, 0.2) is 0 Å². The number of hydrogen-bond acceptors (Lipinski definition) is 4. The Morgan fingerprint density at radius 1 is 1.17 bits per heavy atom. The van der Waals surface area contributed by atoms with Gasteiger partial charge in [0, 0.05) is 42.5 Å². The van der Waals surface area contributed by atoms with E-state index in [2.05, 4.69) is 28.3 Å². The third-order valence-electron chi connectivity index (χ3n) is 6.73. The maximum atomic E-state index is 13.0. The molecule has 6 nitrogen and oxygen atoms in total. The lowest BCUT2D eigenvalue weighted by molar-refractivity contribution is 0.0479. The van der Waals surface area contributed by atoms with Crippen LogP contribution in [0.5, 0.6) is 5.75 Å². The van der Waals surface area contributed by atoms with Crippen molar-refractivity contribution >= 4 is 5.91 Å². The van der Waals surface area contributed by atoms with E-state index in [-0.39, 0.29) is 11.4 Å². The number of hydrogen-bond donors (Lipinski definition) is 2. The monoisotopic (exact) mass is 400 g/mol. The van der Waals surface area contributed by atoms with Crippen LogP contribution in [-0.2, 0) is 19.3 Å². The Kier molecular flexibility index (Phi) is 3.65. The number of fused-ring (bicyclic) bond motifs is 5. The predicted molar refractivity (Wildman–Crippen MR) is 115 cm³/mol. The van der Waals surface area contributed by atoms with Crippen LogP contribution in [0.1, 0.15) is 27.2 Å². The zero-order valence-corrected chi connectivity index (χ0v) is 17.2. The molecule has 3 aromatic rings. The van der Waals surface area contributed by atoms with Gasteiger partial charge >= 0.3 is 0 Å². The zero-order chi connectivity index (χ0) is 20.5. The van der Waals surface area contributed by atoms with Crippen molar-refractivity contribution in [1.82, 2.24) is 20.2 Å². The summed E-state index contributed by atoms with van der Waals surface area (Å²) in [5.74, 6) is 0.910. The highest BCUT2D eigenvalue weighted by Crippen LogP contribution is 2.41. The molecule has 1 fully saturated rings. The molecule has 2 N–H and O–H groups in total. The summed E-state index contributed by atoms with van der Waals surface area (Å²) in [5, 5.41) is 3.30. The Morgan fingerprint density at radius 3 is 2.70 bits per heavy atom. The number of amides is 1. The molecule has 6 heteroatoms. The van der Waals surface area contributed by atoms with Crippen LogP contribution in [0.15, 0.2) is 36.5 Å². The molecule has 6 rings (SSSR count). The first kappa shape index (κ1) is 17.7. The number of aromatic amines is 1. The second-order valence-electron chi connectivity index (χ2n) is 8.87. The van der Waals surface area contributed by atoms with Crippen molar-refractivity contribution in [2.24, 2.45) is 0 Å². The van der Waals surface area contributed by atoms with Crippen molar-refractivity contribution in [3.05, 3.63) is 58.9 Å². The number of aryl methyl sites for hydroxylation is 1. The lowest BCUT2D eigenvalue weighted by Gasteiger charge is -2.50. The molecule has 0 saturated carbocycles. The summed E-state index contributed by atoms with van der Waals surface area (Å²) in [6.07, 6.45) is 4.64. The number of methoxy groups -OCH3 is 1. The maximum Gasteiger partial charge on any atom is 0.253 e. The van der Waals surface area contributed by atoms with Crippen LogP contribution in [-0.4, -0.2) is 53.6 Å². The van der Waals surface area contributed by atoms with Crippen LogP contribution in [0.25, 0.3) is 22.5 Å². The normalized spacial score (nSPS) is 18.8. The lowest BCUT2D eigenvalue weighted by Crippen LogP contribution is -2.71. The molecule has 2 aliphatic heterocycles. The van der Waals surface area contributed by atoms with Crippen LogP contribution in [0.3, 0.4) is 0 Å². The Morgan fingerprint density at radius 2 is 1.97 bits per heavy atom. The van der Waals surface area contributed by atoms with Gasteiger partial charge < -0.3 is 19.9 Å². The standard InChI is InChI=1S/C24H24N4O2/c1-28-12-24(13-28)10-20-21(23(29)27-24)17-8-5-15-11-25-19(9-18(15)22(17)26-20)14-3-6-16(30-2)7-4-14/h3-4,6-7,9,11,26H,5,8,10,12-13H2,1-2H3,(H,27,29). The van der Waals surface area contributed by atoms with Gasteiger partial charge in [-0.2, -0.15) is 0 Å². The molecule has 4 heterocycles. The van der Waals surface area contributed by atoms with Crippen molar-refractivity contribution in [1.29, 1.82) is 0 Å². The van der Waals surface area contributed by atoms with Crippen molar-refractivity contribution in [2.75, 3.05) is 27.2 Å². The van der Waals surface area contributed by atoms with E-state index in [9.17, 15) is 4.79 Å². The summed E-state index contributed by atoms with van der Waals surface area (Å²) in [5.41, 5.74) is 8.49. The number of pyridine rings is 1. The fourth-order valence-electron chi connectivity index (χ4n) is 5.44. The third-order valence-corrected chi connectivity index (χ3v) is 6.73. The molecule has 0 unspecified atom stereocenters. The molecule has 30 heavy (non-hydrogen) atoms. The van der Waals surface area contributed by atoms with Gasteiger partial charge in [-0.1, -0.05) is 0 Å². The minimum absolute atomic E-state index is 0.0785. The number of carbonyl (C=O) groups excluding carboxylic acids is 1. The van der Waals surface area contributed by atoms with Crippen LogP contribution in [0, 0.1) is 0 Å². The molecule has 1 spiro atoms. The molecule has 0 bridgehead atoms. The van der Waals surface area contributed by atoms with Crippen molar-refractivity contribution in [3.63, 3.8) is 0 Å². The van der Waals surface area contributed by atoms with Gasteiger partial charge in [-0.15, -0.1) is 0 Å². The number of nitrogens with zero attached hydrogens (tertiary/aromatic N) is 2. The Balaban J connectivity index is 1.42. The van der Waals surface area contributed by atoms with E-state index in [4.69, 9.17) is 9.72 Å². The molecule has 152 valence electrons. The minimum Gasteiger partial charge on any atom is -0.497 e. The van der Waals surface area contributed by atoms with Gasteiger partial charge in [0.2, 0.25) is 0 Å². The van der Waals surface area contributed by atoms with E-state index < -0.39 is 0 Å². The Labute approximate surface area is 175 Å². The molecular formula is C24H24N4O2. The van der Waals surface area contributed by atoms with Gasteiger partial charge in [-0.25, -0.2) is 0 Å². The summed E-state index contributed by atoms with van der Waals surface area (Å²) in [4.78, 5) is 23.6. The van der Waals surface area contributed by atoms with Gasteiger partial charge in [0.05, 0.1) is 29.6 Å². The maximum absolute atomic E-state index is 13.0. The van der Waals surface area contributed by atoms with E-state index in [1.165, 1.54) is 11.1 Å². The number of benzene rings is 1. The Bertz CT molecular complexity index is 1170. The summed E-state index contributed by atoms with van der Waals surface area (Å²) in [6, 6.07) is 10.1. The Hall–Kier alpha value is -3.12. The van der Waals surface area contributed by atoms with Crippen molar-refractivity contribution in [3.8, 4) is 28.3 Å². The number of rotatable bonds is 2. The summed E-state index contributed by atoms with van der Waals surface area (Å²) < 4.78 is 5.27. The molecular weight excluding hydrogens is 376 g/mol. The third kappa shape index (κ3) is 2.53. The number of nitrogens with one attached hydrogen (secondary N) is 2. The minimum atomic E-state index is -0.110. The molecule has 3 aliphatic rings. The van der Waals surface area contributed by atoms with E-state index in [1.807, 2.05) is 30.5 Å². The average molecular weight is 400 g/mol. The van der Waals surface area contributed by atoms with Crippen LogP contribution in [0.4, 0.5) is 0 Å². The first-order chi connectivity index (χ1) is 14.5. The lowest BCUT2D eigenvalue weighted by atomic mass is 9.80. The highest BCUT2D eigenvalue weighted by molar-refractivity contribution is 6.01. The molecule has 1 amide bonds. The molecule has 1 aliphatic carbocycles. The number of H-pyrrole nitrogens is 1. The fraction of sp³-hybridized carbons (Fsp3) is 0.333. The zero-order valence-electron chi connectivity index (χ0n) is 17.2. The van der Waals surface area contributed by atoms with Gasteiger partial charge in [0.25, 0.3) is 5.91 Å². The molecule has 0 atom stereocenters. The number of likely N-dealkylation sites (tertiary alicyclic amines) is 1. The van der Waals surface area contributed by atoms with Crippen LogP contribution in [0.2, 0.25) is 0 Å². The second-order valence-corrected chi connectivity index (χ2v) is 8.87. The van der Waals surface area contributed by atoms with Crippen molar-refractivity contribution in [2.45, 2.75) is 24.8 Å².